The van der Waals surface area contributed by atoms with Crippen molar-refractivity contribution in [3.8, 4) is 21.7 Å². The number of benzene rings is 1. The lowest BCUT2D eigenvalue weighted by Gasteiger charge is -2.11. The van der Waals surface area contributed by atoms with Crippen LogP contribution in [0.3, 0.4) is 0 Å². The summed E-state index contributed by atoms with van der Waals surface area (Å²) in [5.41, 5.74) is 3.62. The van der Waals surface area contributed by atoms with Gasteiger partial charge in [-0.2, -0.15) is 0 Å². The molecule has 2 aromatic heterocycles. The lowest BCUT2D eigenvalue weighted by Crippen LogP contribution is -2.08. The van der Waals surface area contributed by atoms with Gasteiger partial charge in [-0.25, -0.2) is 4.98 Å². The summed E-state index contributed by atoms with van der Waals surface area (Å²) in [4.78, 5) is 7.49. The molecule has 1 aliphatic rings. The Hall–Kier alpha value is -1.58. The summed E-state index contributed by atoms with van der Waals surface area (Å²) < 4.78 is 2.31. The molecule has 3 aromatic rings. The van der Waals surface area contributed by atoms with Gasteiger partial charge in [0.2, 0.25) is 0 Å². The van der Waals surface area contributed by atoms with Gasteiger partial charge >= 0.3 is 0 Å². The van der Waals surface area contributed by atoms with E-state index in [-0.39, 0.29) is 12.4 Å². The van der Waals surface area contributed by atoms with Gasteiger partial charge in [-0.3, -0.25) is 0 Å². The Morgan fingerprint density at radius 3 is 2.45 bits per heavy atom. The number of aryl methyl sites for hydroxylation is 3. The third-order valence-electron chi connectivity index (χ3n) is 4.11. The van der Waals surface area contributed by atoms with Crippen molar-refractivity contribution in [3.63, 3.8) is 0 Å². The fourth-order valence-corrected chi connectivity index (χ4v) is 3.82. The zero-order valence-electron chi connectivity index (χ0n) is 12.6. The van der Waals surface area contributed by atoms with Crippen LogP contribution < -0.4 is 0 Å². The smallest absolute Gasteiger partial charge is 0.109 e. The number of thiophene rings is 1. The fourth-order valence-electron chi connectivity index (χ4n) is 2.95. The maximum atomic E-state index is 4.79. The van der Waals surface area contributed by atoms with Crippen LogP contribution in [0.15, 0.2) is 42.6 Å². The Labute approximate surface area is 141 Å². The highest BCUT2D eigenvalue weighted by Crippen LogP contribution is 2.30. The van der Waals surface area contributed by atoms with Crippen molar-refractivity contribution in [2.75, 3.05) is 0 Å². The van der Waals surface area contributed by atoms with Crippen molar-refractivity contribution in [1.29, 1.82) is 0 Å². The highest BCUT2D eigenvalue weighted by Gasteiger charge is 2.13. The highest BCUT2D eigenvalue weighted by atomic mass is 35.5. The van der Waals surface area contributed by atoms with Gasteiger partial charge in [-0.15, -0.1) is 23.7 Å². The molecule has 4 heteroatoms. The standard InChI is InChI=1S/C18H18N2S.ClH/c1-13-5-10-17(21-13)15-8-6-14(7-9-15)16-12-20-11-3-2-4-18(20)19-16;/h5-10,12H,2-4,11H2,1H3;1H. The molecule has 2 nitrogen and oxygen atoms in total. The number of halogens is 1. The molecule has 0 radical (unpaired) electrons. The normalized spacial score (nSPS) is 13.5. The van der Waals surface area contributed by atoms with E-state index in [9.17, 15) is 0 Å². The third kappa shape index (κ3) is 2.83. The number of rotatable bonds is 2. The van der Waals surface area contributed by atoms with E-state index >= 15 is 0 Å². The van der Waals surface area contributed by atoms with Crippen LogP contribution in [0.4, 0.5) is 0 Å². The zero-order valence-corrected chi connectivity index (χ0v) is 14.2. The maximum absolute atomic E-state index is 4.79. The maximum Gasteiger partial charge on any atom is 0.109 e. The van der Waals surface area contributed by atoms with Crippen LogP contribution in [-0.4, -0.2) is 9.55 Å². The molecule has 0 saturated carbocycles. The molecule has 22 heavy (non-hydrogen) atoms. The minimum Gasteiger partial charge on any atom is -0.334 e. The van der Waals surface area contributed by atoms with Crippen LogP contribution >= 0.6 is 23.7 Å². The predicted molar refractivity (Wildman–Crippen MR) is 95.9 cm³/mol. The van der Waals surface area contributed by atoms with Gasteiger partial charge in [0.15, 0.2) is 0 Å². The molecule has 114 valence electrons. The molecule has 0 bridgehead atoms. The molecular formula is C18H19ClN2S. The molecule has 0 unspecified atom stereocenters. The topological polar surface area (TPSA) is 17.8 Å². The quantitative estimate of drug-likeness (QED) is 0.619. The number of hydrogen-bond acceptors (Lipinski definition) is 2. The second-order valence-corrected chi connectivity index (χ2v) is 6.97. The summed E-state index contributed by atoms with van der Waals surface area (Å²) in [5.74, 6) is 1.24. The lowest BCUT2D eigenvalue weighted by atomic mass is 10.1. The Morgan fingerprint density at radius 2 is 1.77 bits per heavy atom. The summed E-state index contributed by atoms with van der Waals surface area (Å²) >= 11 is 1.84. The van der Waals surface area contributed by atoms with E-state index in [0.717, 1.165) is 18.7 Å². The minimum absolute atomic E-state index is 0. The molecule has 0 fully saturated rings. The average Bonchev–Trinajstić information content (AvgIpc) is 3.13. The van der Waals surface area contributed by atoms with Crippen molar-refractivity contribution in [3.05, 3.63) is 53.3 Å². The van der Waals surface area contributed by atoms with E-state index < -0.39 is 0 Å². The second-order valence-electron chi connectivity index (χ2n) is 5.68. The molecule has 4 rings (SSSR count). The van der Waals surface area contributed by atoms with Gasteiger partial charge in [0.25, 0.3) is 0 Å². The summed E-state index contributed by atoms with van der Waals surface area (Å²) in [6.07, 6.45) is 5.87. The molecule has 0 amide bonds. The van der Waals surface area contributed by atoms with Crippen molar-refractivity contribution in [2.24, 2.45) is 0 Å². The van der Waals surface area contributed by atoms with E-state index in [0.29, 0.717) is 0 Å². The molecule has 0 atom stereocenters. The largest absolute Gasteiger partial charge is 0.334 e. The van der Waals surface area contributed by atoms with Gasteiger partial charge in [0, 0.05) is 34.5 Å². The molecule has 0 aliphatic carbocycles. The molecule has 1 aliphatic heterocycles. The van der Waals surface area contributed by atoms with Crippen LogP contribution in [0.5, 0.6) is 0 Å². The van der Waals surface area contributed by atoms with E-state index in [1.54, 1.807) is 0 Å². The molecule has 1 aromatic carbocycles. The first-order valence-electron chi connectivity index (χ1n) is 7.53. The van der Waals surface area contributed by atoms with E-state index in [1.165, 1.54) is 39.5 Å². The Bertz CT molecular complexity index is 747. The molecule has 0 spiro atoms. The third-order valence-corrected chi connectivity index (χ3v) is 5.16. The van der Waals surface area contributed by atoms with E-state index in [4.69, 9.17) is 4.98 Å². The van der Waals surface area contributed by atoms with Crippen LogP contribution in [0.25, 0.3) is 21.7 Å². The van der Waals surface area contributed by atoms with Gasteiger partial charge in [-0.1, -0.05) is 24.3 Å². The average molecular weight is 331 g/mol. The molecule has 3 heterocycles. The number of fused-ring (bicyclic) bond motifs is 1. The highest BCUT2D eigenvalue weighted by molar-refractivity contribution is 7.15. The van der Waals surface area contributed by atoms with E-state index in [1.807, 2.05) is 11.3 Å². The van der Waals surface area contributed by atoms with Gasteiger partial charge in [0.05, 0.1) is 5.69 Å². The van der Waals surface area contributed by atoms with Crippen molar-refractivity contribution < 1.29 is 0 Å². The van der Waals surface area contributed by atoms with Crippen LogP contribution in [0.1, 0.15) is 23.5 Å². The second kappa shape index (κ2) is 6.27. The molecular weight excluding hydrogens is 312 g/mol. The van der Waals surface area contributed by atoms with E-state index in [2.05, 4.69) is 54.1 Å². The minimum atomic E-state index is 0. The van der Waals surface area contributed by atoms with Crippen molar-refractivity contribution in [2.45, 2.75) is 32.7 Å². The van der Waals surface area contributed by atoms with Crippen molar-refractivity contribution >= 4 is 23.7 Å². The number of hydrogen-bond donors (Lipinski definition) is 0. The van der Waals surface area contributed by atoms with Crippen molar-refractivity contribution in [1.82, 2.24) is 9.55 Å². The summed E-state index contributed by atoms with van der Waals surface area (Å²) in [6.45, 7) is 3.27. The van der Waals surface area contributed by atoms with Crippen LogP contribution in [0.2, 0.25) is 0 Å². The summed E-state index contributed by atoms with van der Waals surface area (Å²) in [7, 11) is 0. The number of imidazole rings is 1. The van der Waals surface area contributed by atoms with Gasteiger partial charge in [-0.05, 0) is 37.5 Å². The van der Waals surface area contributed by atoms with Crippen LogP contribution in [0, 0.1) is 6.92 Å². The Balaban J connectivity index is 0.00000144. The first kappa shape index (κ1) is 15.3. The Morgan fingerprint density at radius 1 is 1.00 bits per heavy atom. The first-order valence-corrected chi connectivity index (χ1v) is 8.34. The molecule has 0 saturated heterocycles. The first-order chi connectivity index (χ1) is 10.3. The van der Waals surface area contributed by atoms with Gasteiger partial charge < -0.3 is 4.57 Å². The fraction of sp³-hybridized carbons (Fsp3) is 0.278. The molecule has 0 N–H and O–H groups in total. The summed E-state index contributed by atoms with van der Waals surface area (Å²) in [6, 6.07) is 13.2. The zero-order chi connectivity index (χ0) is 14.2. The SMILES string of the molecule is Cc1ccc(-c2ccc(-c3cn4c(n3)CCCC4)cc2)s1.Cl. The monoisotopic (exact) mass is 330 g/mol. The Kier molecular flexibility index (Phi) is 4.37. The number of nitrogens with zero attached hydrogens (tertiary/aromatic N) is 2. The number of aromatic nitrogens is 2. The summed E-state index contributed by atoms with van der Waals surface area (Å²) in [5, 5.41) is 0. The van der Waals surface area contributed by atoms with Gasteiger partial charge in [0.1, 0.15) is 5.82 Å². The predicted octanol–water partition coefficient (Wildman–Crippen LogP) is 5.35. The lowest BCUT2D eigenvalue weighted by molar-refractivity contribution is 0.522. The van der Waals surface area contributed by atoms with Crippen LogP contribution in [-0.2, 0) is 13.0 Å².